The molecule has 2 aromatic rings. The Labute approximate surface area is 154 Å². The van der Waals surface area contributed by atoms with Crippen LogP contribution in [0.25, 0.3) is 0 Å². The van der Waals surface area contributed by atoms with E-state index in [0.29, 0.717) is 12.2 Å². The molecule has 1 fully saturated rings. The minimum atomic E-state index is -0.207. The maximum atomic E-state index is 12.3. The van der Waals surface area contributed by atoms with Crippen LogP contribution in [-0.4, -0.2) is 46.1 Å². The maximum Gasteiger partial charge on any atom is 0.271 e. The lowest BCUT2D eigenvalue weighted by Gasteiger charge is -2.35. The third kappa shape index (κ3) is 4.86. The number of amides is 1. The summed E-state index contributed by atoms with van der Waals surface area (Å²) in [4.78, 5) is 22.9. The van der Waals surface area contributed by atoms with Gasteiger partial charge in [-0.1, -0.05) is 24.3 Å². The summed E-state index contributed by atoms with van der Waals surface area (Å²) >= 11 is 0. The summed E-state index contributed by atoms with van der Waals surface area (Å²) in [7, 11) is 0. The molecule has 1 aliphatic rings. The van der Waals surface area contributed by atoms with Crippen LogP contribution in [0.5, 0.6) is 0 Å². The van der Waals surface area contributed by atoms with Crippen LogP contribution in [0.1, 0.15) is 41.2 Å². The first-order valence-corrected chi connectivity index (χ1v) is 9.02. The van der Waals surface area contributed by atoms with Gasteiger partial charge < -0.3 is 10.1 Å². The normalized spacial score (nSPS) is 20.7. The number of nitrogens with zero attached hydrogens (tertiary/aromatic N) is 3. The molecule has 1 aromatic carbocycles. The summed E-state index contributed by atoms with van der Waals surface area (Å²) in [6, 6.07) is 8.22. The van der Waals surface area contributed by atoms with Crippen LogP contribution >= 0.6 is 0 Å². The Morgan fingerprint density at radius 2 is 1.85 bits per heavy atom. The van der Waals surface area contributed by atoms with Crippen molar-refractivity contribution in [2.24, 2.45) is 0 Å². The van der Waals surface area contributed by atoms with Crippen LogP contribution in [0, 0.1) is 6.92 Å². The third-order valence-electron chi connectivity index (χ3n) is 4.46. The summed E-state index contributed by atoms with van der Waals surface area (Å²) in [6.45, 7) is 9.23. The molecule has 1 N–H and O–H groups in total. The van der Waals surface area contributed by atoms with Crippen molar-refractivity contribution in [1.82, 2.24) is 20.2 Å². The first-order chi connectivity index (χ1) is 12.5. The average molecular weight is 354 g/mol. The number of aryl methyl sites for hydroxylation is 1. The van der Waals surface area contributed by atoms with E-state index in [1.54, 1.807) is 6.20 Å². The van der Waals surface area contributed by atoms with Crippen molar-refractivity contribution in [1.29, 1.82) is 0 Å². The van der Waals surface area contributed by atoms with Crippen LogP contribution in [-0.2, 0) is 17.8 Å². The fourth-order valence-corrected chi connectivity index (χ4v) is 3.31. The number of carbonyl (C=O) groups is 1. The molecule has 3 rings (SSSR count). The molecule has 0 aliphatic carbocycles. The van der Waals surface area contributed by atoms with Gasteiger partial charge in [-0.15, -0.1) is 0 Å². The molecular weight excluding hydrogens is 328 g/mol. The van der Waals surface area contributed by atoms with Gasteiger partial charge in [0.25, 0.3) is 5.91 Å². The van der Waals surface area contributed by atoms with Crippen LogP contribution in [0.3, 0.4) is 0 Å². The lowest BCUT2D eigenvalue weighted by Crippen LogP contribution is -2.45. The summed E-state index contributed by atoms with van der Waals surface area (Å²) in [6.07, 6.45) is 3.59. The van der Waals surface area contributed by atoms with Gasteiger partial charge in [0.2, 0.25) is 0 Å². The second-order valence-electron chi connectivity index (χ2n) is 6.95. The fourth-order valence-electron chi connectivity index (χ4n) is 3.31. The highest BCUT2D eigenvalue weighted by atomic mass is 16.5. The van der Waals surface area contributed by atoms with E-state index in [2.05, 4.69) is 46.2 Å². The molecular formula is C20H26N4O2. The van der Waals surface area contributed by atoms with E-state index in [1.807, 2.05) is 19.1 Å². The van der Waals surface area contributed by atoms with Gasteiger partial charge in [-0.3, -0.25) is 14.7 Å². The van der Waals surface area contributed by atoms with E-state index in [1.165, 1.54) is 11.8 Å². The molecule has 0 bridgehead atoms. The highest BCUT2D eigenvalue weighted by molar-refractivity contribution is 5.91. The Morgan fingerprint density at radius 3 is 2.50 bits per heavy atom. The second kappa shape index (κ2) is 8.38. The summed E-state index contributed by atoms with van der Waals surface area (Å²) in [5, 5.41) is 2.95. The SMILES string of the molecule is Cc1cnc(C(=O)NCc2ccccc2CN2C[C@H](C)O[C@@H](C)C2)cn1. The van der Waals surface area contributed by atoms with E-state index in [0.717, 1.165) is 30.9 Å². The van der Waals surface area contributed by atoms with E-state index >= 15 is 0 Å². The van der Waals surface area contributed by atoms with Crippen molar-refractivity contribution in [3.05, 3.63) is 59.2 Å². The second-order valence-corrected chi connectivity index (χ2v) is 6.95. The topological polar surface area (TPSA) is 67.4 Å². The van der Waals surface area contributed by atoms with Gasteiger partial charge in [0.15, 0.2) is 0 Å². The average Bonchev–Trinajstić information content (AvgIpc) is 2.60. The minimum absolute atomic E-state index is 0.207. The lowest BCUT2D eigenvalue weighted by atomic mass is 10.1. The Balaban J connectivity index is 1.63. The zero-order valence-electron chi connectivity index (χ0n) is 15.6. The Morgan fingerprint density at radius 1 is 1.15 bits per heavy atom. The molecule has 26 heavy (non-hydrogen) atoms. The van der Waals surface area contributed by atoms with Crippen molar-refractivity contribution < 1.29 is 9.53 Å². The molecule has 1 aromatic heterocycles. The van der Waals surface area contributed by atoms with Gasteiger partial charge in [-0.25, -0.2) is 4.98 Å². The van der Waals surface area contributed by atoms with Gasteiger partial charge >= 0.3 is 0 Å². The maximum absolute atomic E-state index is 12.3. The molecule has 1 amide bonds. The molecule has 0 spiro atoms. The Hall–Kier alpha value is -2.31. The molecule has 2 atom stereocenters. The fraction of sp³-hybridized carbons (Fsp3) is 0.450. The highest BCUT2D eigenvalue weighted by Gasteiger charge is 2.22. The molecule has 6 nitrogen and oxygen atoms in total. The number of benzene rings is 1. The number of morpholine rings is 1. The first kappa shape index (κ1) is 18.5. The Bertz CT molecular complexity index is 738. The largest absolute Gasteiger partial charge is 0.373 e. The summed E-state index contributed by atoms with van der Waals surface area (Å²) in [5.74, 6) is -0.207. The quantitative estimate of drug-likeness (QED) is 0.893. The van der Waals surface area contributed by atoms with E-state index in [9.17, 15) is 4.79 Å². The molecule has 0 saturated carbocycles. The van der Waals surface area contributed by atoms with Crippen molar-refractivity contribution in [3.8, 4) is 0 Å². The van der Waals surface area contributed by atoms with Gasteiger partial charge in [0, 0.05) is 32.4 Å². The molecule has 0 radical (unpaired) electrons. The minimum Gasteiger partial charge on any atom is -0.373 e. The molecule has 1 aliphatic heterocycles. The number of aromatic nitrogens is 2. The predicted molar refractivity (Wildman–Crippen MR) is 99.7 cm³/mol. The molecule has 1 saturated heterocycles. The molecule has 0 unspecified atom stereocenters. The van der Waals surface area contributed by atoms with E-state index < -0.39 is 0 Å². The highest BCUT2D eigenvalue weighted by Crippen LogP contribution is 2.17. The van der Waals surface area contributed by atoms with Crippen LogP contribution < -0.4 is 5.32 Å². The lowest BCUT2D eigenvalue weighted by molar-refractivity contribution is -0.0705. The number of ether oxygens (including phenoxy) is 1. The van der Waals surface area contributed by atoms with Crippen molar-refractivity contribution in [2.45, 2.75) is 46.1 Å². The number of rotatable bonds is 5. The standard InChI is InChI=1S/C20H26N4O2/c1-14-8-22-19(10-21-14)20(25)23-9-17-6-4-5-7-18(17)13-24-11-15(2)26-16(3)12-24/h4-8,10,15-16H,9,11-13H2,1-3H3,(H,23,25)/t15-,16-/m0/s1. The molecule has 138 valence electrons. The third-order valence-corrected chi connectivity index (χ3v) is 4.46. The van der Waals surface area contributed by atoms with Crippen LogP contribution in [0.4, 0.5) is 0 Å². The van der Waals surface area contributed by atoms with E-state index in [-0.39, 0.29) is 18.1 Å². The number of hydrogen-bond acceptors (Lipinski definition) is 5. The molecule has 2 heterocycles. The van der Waals surface area contributed by atoms with Crippen LogP contribution in [0.2, 0.25) is 0 Å². The zero-order chi connectivity index (χ0) is 18.5. The van der Waals surface area contributed by atoms with Gasteiger partial charge in [0.05, 0.1) is 24.1 Å². The Kier molecular flexibility index (Phi) is 5.96. The van der Waals surface area contributed by atoms with Crippen LogP contribution in [0.15, 0.2) is 36.7 Å². The first-order valence-electron chi connectivity index (χ1n) is 9.02. The van der Waals surface area contributed by atoms with Crippen molar-refractivity contribution in [2.75, 3.05) is 13.1 Å². The van der Waals surface area contributed by atoms with Crippen molar-refractivity contribution >= 4 is 5.91 Å². The number of hydrogen-bond donors (Lipinski definition) is 1. The monoisotopic (exact) mass is 354 g/mol. The number of nitrogens with one attached hydrogen (secondary N) is 1. The zero-order valence-corrected chi connectivity index (χ0v) is 15.6. The number of carbonyl (C=O) groups excluding carboxylic acids is 1. The van der Waals surface area contributed by atoms with Gasteiger partial charge in [-0.05, 0) is 31.9 Å². The van der Waals surface area contributed by atoms with Crippen molar-refractivity contribution in [3.63, 3.8) is 0 Å². The predicted octanol–water partition coefficient (Wildman–Crippen LogP) is 2.32. The summed E-state index contributed by atoms with van der Waals surface area (Å²) in [5.41, 5.74) is 3.47. The van der Waals surface area contributed by atoms with Gasteiger partial charge in [-0.2, -0.15) is 0 Å². The smallest absolute Gasteiger partial charge is 0.271 e. The van der Waals surface area contributed by atoms with Gasteiger partial charge in [0.1, 0.15) is 5.69 Å². The van der Waals surface area contributed by atoms with E-state index in [4.69, 9.17) is 4.74 Å². The summed E-state index contributed by atoms with van der Waals surface area (Å²) < 4.78 is 5.81. The molecule has 6 heteroatoms.